The summed E-state index contributed by atoms with van der Waals surface area (Å²) in [6.45, 7) is 1.57. The van der Waals surface area contributed by atoms with E-state index in [2.05, 4.69) is 15.3 Å². The van der Waals surface area contributed by atoms with Gasteiger partial charge in [-0.1, -0.05) is 6.07 Å². The van der Waals surface area contributed by atoms with Crippen LogP contribution in [0.3, 0.4) is 0 Å². The number of hydrogen-bond acceptors (Lipinski definition) is 7. The standard InChI is InChI=1S/C20H23N3O3S/c1-24-16-8-7-15(19(25-2)20(16)26-3)17-12-23-18(27-17)13-21-11-9-14-6-4-5-10-22-14/h4-8,10,12,21H,9,11,13H2,1-3H3. The monoisotopic (exact) mass is 385 g/mol. The summed E-state index contributed by atoms with van der Waals surface area (Å²) in [5.74, 6) is 1.87. The number of benzene rings is 1. The second-order valence-electron chi connectivity index (χ2n) is 5.75. The Morgan fingerprint density at radius 2 is 1.81 bits per heavy atom. The van der Waals surface area contributed by atoms with Gasteiger partial charge in [-0.05, 0) is 24.3 Å². The Bertz CT molecular complexity index is 868. The molecule has 0 unspecified atom stereocenters. The summed E-state index contributed by atoms with van der Waals surface area (Å²) in [6.07, 6.45) is 4.58. The van der Waals surface area contributed by atoms with Gasteiger partial charge in [0.1, 0.15) is 5.01 Å². The van der Waals surface area contributed by atoms with Gasteiger partial charge < -0.3 is 19.5 Å². The average molecular weight is 385 g/mol. The smallest absolute Gasteiger partial charge is 0.203 e. The van der Waals surface area contributed by atoms with Gasteiger partial charge in [0.05, 0.1) is 26.2 Å². The maximum absolute atomic E-state index is 5.57. The number of thiazole rings is 1. The molecule has 0 saturated heterocycles. The van der Waals surface area contributed by atoms with Crippen LogP contribution in [0, 0.1) is 0 Å². The molecular formula is C20H23N3O3S. The summed E-state index contributed by atoms with van der Waals surface area (Å²) in [5, 5.41) is 4.43. The zero-order valence-corrected chi connectivity index (χ0v) is 16.5. The van der Waals surface area contributed by atoms with Crippen LogP contribution in [0.1, 0.15) is 10.7 Å². The summed E-state index contributed by atoms with van der Waals surface area (Å²) >= 11 is 1.63. The first kappa shape index (κ1) is 19.1. The molecule has 7 heteroatoms. The van der Waals surface area contributed by atoms with Crippen LogP contribution in [0.25, 0.3) is 10.4 Å². The van der Waals surface area contributed by atoms with E-state index in [-0.39, 0.29) is 0 Å². The predicted octanol–water partition coefficient (Wildman–Crippen LogP) is 3.56. The van der Waals surface area contributed by atoms with Gasteiger partial charge in [0.25, 0.3) is 0 Å². The second-order valence-corrected chi connectivity index (χ2v) is 6.86. The largest absolute Gasteiger partial charge is 0.493 e. The highest BCUT2D eigenvalue weighted by atomic mass is 32.1. The Labute approximate surface area is 163 Å². The molecule has 3 aromatic rings. The van der Waals surface area contributed by atoms with Crippen LogP contribution in [0.15, 0.2) is 42.7 Å². The molecule has 0 aliphatic heterocycles. The minimum atomic E-state index is 0.584. The lowest BCUT2D eigenvalue weighted by Gasteiger charge is -2.14. The fourth-order valence-electron chi connectivity index (χ4n) is 2.77. The molecule has 0 aliphatic rings. The Morgan fingerprint density at radius 1 is 0.963 bits per heavy atom. The molecule has 142 valence electrons. The molecule has 0 spiro atoms. The van der Waals surface area contributed by atoms with Crippen LogP contribution in [0.5, 0.6) is 17.2 Å². The van der Waals surface area contributed by atoms with Gasteiger partial charge in [-0.25, -0.2) is 4.98 Å². The fourth-order valence-corrected chi connectivity index (χ4v) is 3.68. The van der Waals surface area contributed by atoms with E-state index >= 15 is 0 Å². The minimum Gasteiger partial charge on any atom is -0.493 e. The normalized spacial score (nSPS) is 10.6. The van der Waals surface area contributed by atoms with Crippen molar-refractivity contribution in [2.24, 2.45) is 0 Å². The van der Waals surface area contributed by atoms with Crippen molar-refractivity contribution >= 4 is 11.3 Å². The van der Waals surface area contributed by atoms with Gasteiger partial charge in [-0.2, -0.15) is 0 Å². The second kappa shape index (κ2) is 9.34. The molecule has 6 nitrogen and oxygen atoms in total. The number of ether oxygens (including phenoxy) is 3. The highest BCUT2D eigenvalue weighted by Crippen LogP contribution is 2.45. The van der Waals surface area contributed by atoms with E-state index in [1.807, 2.05) is 42.7 Å². The van der Waals surface area contributed by atoms with E-state index in [4.69, 9.17) is 14.2 Å². The average Bonchev–Trinajstić information content (AvgIpc) is 3.19. The topological polar surface area (TPSA) is 65.5 Å². The molecule has 2 heterocycles. The quantitative estimate of drug-likeness (QED) is 0.568. The van der Waals surface area contributed by atoms with Crippen molar-refractivity contribution in [2.75, 3.05) is 27.9 Å². The summed E-state index contributed by atoms with van der Waals surface area (Å²) < 4.78 is 16.4. The number of pyridine rings is 1. The molecule has 0 saturated carbocycles. The molecule has 1 aromatic carbocycles. The van der Waals surface area contributed by atoms with Gasteiger partial charge in [0, 0.05) is 43.2 Å². The summed E-state index contributed by atoms with van der Waals surface area (Å²) in [6, 6.07) is 9.81. The first-order valence-corrected chi connectivity index (χ1v) is 9.43. The third-order valence-corrected chi connectivity index (χ3v) is 5.11. The van der Waals surface area contributed by atoms with Gasteiger partial charge in [0.2, 0.25) is 5.75 Å². The molecule has 0 aliphatic carbocycles. The number of aromatic nitrogens is 2. The Morgan fingerprint density at radius 3 is 2.52 bits per heavy atom. The lowest BCUT2D eigenvalue weighted by Crippen LogP contribution is -2.16. The molecule has 0 radical (unpaired) electrons. The molecule has 0 amide bonds. The highest BCUT2D eigenvalue weighted by Gasteiger charge is 2.18. The first-order chi connectivity index (χ1) is 13.3. The lowest BCUT2D eigenvalue weighted by molar-refractivity contribution is 0.325. The van der Waals surface area contributed by atoms with Crippen LogP contribution < -0.4 is 19.5 Å². The maximum Gasteiger partial charge on any atom is 0.203 e. The van der Waals surface area contributed by atoms with E-state index in [1.165, 1.54) is 0 Å². The predicted molar refractivity (Wildman–Crippen MR) is 107 cm³/mol. The molecule has 0 bridgehead atoms. The zero-order valence-electron chi connectivity index (χ0n) is 15.7. The molecule has 0 fully saturated rings. The summed E-state index contributed by atoms with van der Waals surface area (Å²) in [4.78, 5) is 9.87. The van der Waals surface area contributed by atoms with Crippen LogP contribution in [-0.2, 0) is 13.0 Å². The van der Waals surface area contributed by atoms with E-state index in [0.29, 0.717) is 23.8 Å². The van der Waals surface area contributed by atoms with E-state index < -0.39 is 0 Å². The molecule has 27 heavy (non-hydrogen) atoms. The lowest BCUT2D eigenvalue weighted by atomic mass is 10.1. The Balaban J connectivity index is 1.67. The van der Waals surface area contributed by atoms with Gasteiger partial charge in [-0.15, -0.1) is 11.3 Å². The van der Waals surface area contributed by atoms with Crippen LogP contribution in [-0.4, -0.2) is 37.8 Å². The van der Waals surface area contributed by atoms with Gasteiger partial charge in [-0.3, -0.25) is 4.98 Å². The fraction of sp³-hybridized carbons (Fsp3) is 0.300. The van der Waals surface area contributed by atoms with E-state index in [9.17, 15) is 0 Å². The van der Waals surface area contributed by atoms with Crippen molar-refractivity contribution in [3.8, 4) is 27.7 Å². The van der Waals surface area contributed by atoms with Crippen LogP contribution in [0.4, 0.5) is 0 Å². The zero-order chi connectivity index (χ0) is 19.1. The van der Waals surface area contributed by atoms with E-state index in [0.717, 1.165) is 34.1 Å². The molecule has 1 N–H and O–H groups in total. The van der Waals surface area contributed by atoms with Crippen molar-refractivity contribution in [3.63, 3.8) is 0 Å². The third kappa shape index (κ3) is 4.56. The van der Waals surface area contributed by atoms with Crippen molar-refractivity contribution in [1.82, 2.24) is 15.3 Å². The van der Waals surface area contributed by atoms with E-state index in [1.54, 1.807) is 32.7 Å². The minimum absolute atomic E-state index is 0.584. The molecule has 3 rings (SSSR count). The molecular weight excluding hydrogens is 362 g/mol. The van der Waals surface area contributed by atoms with Gasteiger partial charge >= 0.3 is 0 Å². The van der Waals surface area contributed by atoms with Crippen LogP contribution in [0.2, 0.25) is 0 Å². The number of hydrogen-bond donors (Lipinski definition) is 1. The summed E-state index contributed by atoms with van der Waals surface area (Å²) in [7, 11) is 4.84. The Kier molecular flexibility index (Phi) is 6.62. The Hall–Kier alpha value is -2.64. The number of rotatable bonds is 9. The number of nitrogens with one attached hydrogen (secondary N) is 1. The van der Waals surface area contributed by atoms with Crippen molar-refractivity contribution in [3.05, 3.63) is 53.4 Å². The number of nitrogens with zero attached hydrogens (tertiary/aromatic N) is 2. The third-order valence-electron chi connectivity index (χ3n) is 4.08. The molecule has 0 atom stereocenters. The van der Waals surface area contributed by atoms with Gasteiger partial charge in [0.15, 0.2) is 11.5 Å². The first-order valence-electron chi connectivity index (χ1n) is 8.61. The van der Waals surface area contributed by atoms with Crippen molar-refractivity contribution < 1.29 is 14.2 Å². The van der Waals surface area contributed by atoms with Crippen LogP contribution >= 0.6 is 11.3 Å². The SMILES string of the molecule is COc1ccc(-c2cnc(CNCCc3ccccn3)s2)c(OC)c1OC. The van der Waals surface area contributed by atoms with Crippen molar-refractivity contribution in [1.29, 1.82) is 0 Å². The maximum atomic E-state index is 5.57. The van der Waals surface area contributed by atoms with Crippen molar-refractivity contribution in [2.45, 2.75) is 13.0 Å². The number of methoxy groups -OCH3 is 3. The highest BCUT2D eigenvalue weighted by molar-refractivity contribution is 7.15. The molecule has 2 aromatic heterocycles. The summed E-state index contributed by atoms with van der Waals surface area (Å²) in [5.41, 5.74) is 2.02.